The molecule has 1 saturated carbocycles. The summed E-state index contributed by atoms with van der Waals surface area (Å²) in [6.07, 6.45) is 1.34. The number of unbranched alkanes of at least 4 members (excludes halogenated alkanes) is 1. The van der Waals surface area contributed by atoms with E-state index < -0.39 is 190 Å². The number of nitrogens with zero attached hydrogens (tertiary/aromatic N) is 2. The molecule has 1 aliphatic carbocycles. The highest BCUT2D eigenvalue weighted by molar-refractivity contribution is 6.07. The van der Waals surface area contributed by atoms with Gasteiger partial charge in [0.05, 0.1) is 91.5 Å². The second kappa shape index (κ2) is 50.9. The zero-order valence-electron chi connectivity index (χ0n) is 70.7. The van der Waals surface area contributed by atoms with Crippen LogP contribution in [0.4, 0.5) is 33.0 Å². The number of carbonyl (C=O) groups is 14. The Morgan fingerprint density at radius 1 is 0.525 bits per heavy atom. The fraction of sp³-hybridized carbons (Fsp3) is 0.684. The van der Waals surface area contributed by atoms with Crippen LogP contribution in [0.3, 0.4) is 0 Å². The zero-order valence-corrected chi connectivity index (χ0v) is 70.7. The van der Waals surface area contributed by atoms with Crippen molar-refractivity contribution < 1.29 is 118 Å². The molecule has 0 spiro atoms. The van der Waals surface area contributed by atoms with Crippen molar-refractivity contribution in [3.63, 3.8) is 0 Å². The molecule has 1 fully saturated rings. The molecule has 13 amide bonds. The molecule has 0 saturated heterocycles. The van der Waals surface area contributed by atoms with Gasteiger partial charge in [-0.25, -0.2) is 23.4 Å². The maximum Gasteiger partial charge on any atom is 0.416 e. The number of aromatic nitrogens is 1. The Morgan fingerprint density at radius 2 is 1.03 bits per heavy atom. The van der Waals surface area contributed by atoms with Crippen molar-refractivity contribution in [1.29, 1.82) is 0 Å². The first-order valence-electron chi connectivity index (χ1n) is 39.6. The highest BCUT2D eigenvalue weighted by atomic mass is 19.2. The molecular weight excluding hydrogens is 1560 g/mol. The molecule has 0 bridgehead atoms. The average molecular weight is 1680 g/mol. The number of ether oxygens (including phenoxy) is 7. The largest absolute Gasteiger partial charge is 0.443 e. The topological polar surface area (TPSA) is 478 Å². The maximum absolute atomic E-state index is 14.3. The number of primary amides is 1. The van der Waals surface area contributed by atoms with Crippen molar-refractivity contribution in [1.82, 2.24) is 63.5 Å². The molecular formula is C79H124F4N14O21. The highest BCUT2D eigenvalue weighted by Gasteiger charge is 2.61. The van der Waals surface area contributed by atoms with E-state index in [1.165, 1.54) is 25.7 Å². The number of nitrogens with two attached hydrogens (primary N) is 1. The molecule has 2 aromatic rings. The van der Waals surface area contributed by atoms with Crippen molar-refractivity contribution in [2.45, 2.75) is 216 Å². The van der Waals surface area contributed by atoms with E-state index in [0.29, 0.717) is 18.7 Å². The Bertz CT molecular complexity index is 3670. The number of esters is 1. The van der Waals surface area contributed by atoms with Gasteiger partial charge in [-0.15, -0.1) is 0 Å². The summed E-state index contributed by atoms with van der Waals surface area (Å²) in [6, 6.07) is -5.24. The summed E-state index contributed by atoms with van der Waals surface area (Å²) < 4.78 is 91.2. The Morgan fingerprint density at radius 3 is 1.56 bits per heavy atom. The quantitative estimate of drug-likeness (QED) is 0.0148. The van der Waals surface area contributed by atoms with Crippen LogP contribution in [0, 0.1) is 65.2 Å². The van der Waals surface area contributed by atoms with E-state index in [1.807, 2.05) is 20.8 Å². The lowest BCUT2D eigenvalue weighted by Gasteiger charge is -2.31. The van der Waals surface area contributed by atoms with E-state index in [2.05, 4.69) is 68.2 Å². The first-order chi connectivity index (χ1) is 55.2. The predicted molar refractivity (Wildman–Crippen MR) is 422 cm³/mol. The number of rotatable bonds is 54. The molecule has 1 aromatic carbocycles. The third kappa shape index (κ3) is 39.2. The number of benzene rings is 1. The molecule has 0 radical (unpaired) electrons. The molecule has 2 unspecified atom stereocenters. The normalized spacial score (nSPS) is 14.9. The second-order valence-corrected chi connectivity index (χ2v) is 32.4. The number of halogens is 4. The summed E-state index contributed by atoms with van der Waals surface area (Å²) in [7, 11) is 0. The lowest BCUT2D eigenvalue weighted by molar-refractivity contribution is -0.137. The lowest BCUT2D eigenvalue weighted by Crippen LogP contribution is -2.62. The van der Waals surface area contributed by atoms with E-state index >= 15 is 0 Å². The average Bonchev–Trinajstić information content (AvgIpc) is 1.58. The third-order valence-electron chi connectivity index (χ3n) is 17.6. The maximum atomic E-state index is 14.3. The first-order valence-corrected chi connectivity index (χ1v) is 39.6. The molecule has 3 rings (SSSR count). The van der Waals surface area contributed by atoms with Gasteiger partial charge in [0.2, 0.25) is 76.5 Å². The lowest BCUT2D eigenvalue weighted by atomic mass is 9.87. The van der Waals surface area contributed by atoms with Crippen LogP contribution in [-0.2, 0) is 86.0 Å². The van der Waals surface area contributed by atoms with Crippen molar-refractivity contribution >= 4 is 88.8 Å². The molecule has 1 aliphatic rings. The van der Waals surface area contributed by atoms with Gasteiger partial charge >= 0.3 is 18.1 Å². The molecule has 35 nitrogen and oxygen atoms in total. The fourth-order valence-electron chi connectivity index (χ4n) is 11.7. The van der Waals surface area contributed by atoms with Crippen LogP contribution in [0.15, 0.2) is 24.4 Å². The SMILES string of the molecule is Cc1ccnc(N(CCCCC(=O)NCC(=O)N[C@H](C(=O)N[C@@H](CC(C)C)C(=O)N[C@@H](C)C(=O)NCC(=O)N[C@@H](CC(C)C)C(=O)N[C@@H](CCCNC(N)=O)C(=O)NC(C)(C)C(=O)N[C@@H](CC(C)C)C(=O)NCCOCCOCCOCCOCCOCCC(=O)Oc2c(F)c(F)cc(F)c2F)C2C(=O)C2C(C)(C)C)C(=O)OC(C)(C)C)c1. The third-order valence-corrected chi connectivity index (χ3v) is 17.6. The minimum atomic E-state index is -1.84. The summed E-state index contributed by atoms with van der Waals surface area (Å²) in [5, 5.41) is 28.5. The Kier molecular flexibility index (Phi) is 44.2. The van der Waals surface area contributed by atoms with Gasteiger partial charge in [0.1, 0.15) is 59.0 Å². The second-order valence-electron chi connectivity index (χ2n) is 32.4. The van der Waals surface area contributed by atoms with Crippen LogP contribution in [-0.4, -0.2) is 234 Å². The number of anilines is 1. The molecule has 118 heavy (non-hydrogen) atoms. The predicted octanol–water partition coefficient (Wildman–Crippen LogP) is 3.56. The van der Waals surface area contributed by atoms with Gasteiger partial charge in [-0.05, 0) is 134 Å². The van der Waals surface area contributed by atoms with Crippen LogP contribution in [0.1, 0.15) is 167 Å². The van der Waals surface area contributed by atoms with Crippen molar-refractivity contribution in [2.75, 3.05) is 104 Å². The van der Waals surface area contributed by atoms with Crippen LogP contribution in [0.2, 0.25) is 0 Å². The standard InChI is InChI=1S/C79H124F4N14O21/c1-45(2)38-53(69(104)86-26-29-113-31-33-115-35-37-116-36-34-114-32-30-112-28-23-60(101)117-67-63(82)50(80)42-51(81)64(67)83)94-74(109)79(15,16)96-72(107)52(20-19-24-87-75(84)110)92-71(106)54(39-46(3)4)91-58(99)44-89-68(103)49(8)90-70(105)55(40-47(5)6)93-73(108)65(61-62(66(61)102)77(9,10)11)95-59(100)43-88-57(98)21-17-18-27-97(76(111)118-78(12,13)14)56-41-48(7)22-25-85-56/h22,25,41-42,45-47,49,52-55,61-62,65H,17-21,23-24,26-40,43-44H2,1-16H3,(H,86,104)(H,88,98)(H,89,103)(H,90,105)(H,91,99)(H,92,106)(H,93,108)(H,94,109)(H,95,100)(H,96,107)(H3,84,87,110)/t49-,52-,53-,54-,55-,61?,62?,65-/m0/s1. The number of pyridine rings is 1. The number of nitrogens with one attached hydrogen (secondary N) is 11. The van der Waals surface area contributed by atoms with Gasteiger partial charge in [-0.3, -0.25) is 62.4 Å². The van der Waals surface area contributed by atoms with Crippen molar-refractivity contribution in [2.24, 2.45) is 40.7 Å². The van der Waals surface area contributed by atoms with Crippen LogP contribution in [0.5, 0.6) is 5.75 Å². The smallest absolute Gasteiger partial charge is 0.416 e. The molecule has 664 valence electrons. The van der Waals surface area contributed by atoms with E-state index in [-0.39, 0.29) is 154 Å². The van der Waals surface area contributed by atoms with Crippen LogP contribution >= 0.6 is 0 Å². The Hall–Kier alpha value is -9.73. The summed E-state index contributed by atoms with van der Waals surface area (Å²) in [6.45, 7) is 27.4. The van der Waals surface area contributed by atoms with Crippen LogP contribution in [0.25, 0.3) is 0 Å². The van der Waals surface area contributed by atoms with Crippen molar-refractivity contribution in [3.05, 3.63) is 53.2 Å². The number of carbonyl (C=O) groups excluding carboxylic acids is 14. The summed E-state index contributed by atoms with van der Waals surface area (Å²) in [5.74, 6) is -19.6. The van der Waals surface area contributed by atoms with Gasteiger partial charge in [0.15, 0.2) is 11.6 Å². The van der Waals surface area contributed by atoms with Gasteiger partial charge < -0.3 is 97.4 Å². The molecule has 0 aliphatic heterocycles. The van der Waals surface area contributed by atoms with Gasteiger partial charge in [-0.1, -0.05) is 62.3 Å². The van der Waals surface area contributed by atoms with Gasteiger partial charge in [0.25, 0.3) is 0 Å². The molecule has 1 heterocycles. The zero-order chi connectivity index (χ0) is 88.8. The minimum Gasteiger partial charge on any atom is -0.443 e. The number of urea groups is 1. The number of amides is 13. The van der Waals surface area contributed by atoms with E-state index in [9.17, 15) is 84.7 Å². The molecule has 13 N–H and O–H groups in total. The van der Waals surface area contributed by atoms with E-state index in [0.717, 1.165) is 5.56 Å². The van der Waals surface area contributed by atoms with Crippen molar-refractivity contribution in [3.8, 4) is 5.75 Å². The molecule has 8 atom stereocenters. The number of aryl methyl sites for hydroxylation is 1. The number of hydrogen-bond acceptors (Lipinski definition) is 22. The number of Topliss-reactive ketones (excluding diaryl/α,β-unsaturated/α-hetero) is 1. The Labute approximate surface area is 686 Å². The highest BCUT2D eigenvalue weighted by Crippen LogP contribution is 2.49. The summed E-state index contributed by atoms with van der Waals surface area (Å²) in [4.78, 5) is 194. The first kappa shape index (κ1) is 102. The van der Waals surface area contributed by atoms with Crippen LogP contribution < -0.4 is 73.9 Å². The van der Waals surface area contributed by atoms with Gasteiger partial charge in [0, 0.05) is 44.2 Å². The van der Waals surface area contributed by atoms with E-state index in [4.69, 9.17) is 34.2 Å². The number of ketones is 1. The van der Waals surface area contributed by atoms with E-state index in [1.54, 1.807) is 87.6 Å². The molecule has 39 heteroatoms. The fourth-order valence-corrected chi connectivity index (χ4v) is 11.7. The monoisotopic (exact) mass is 1680 g/mol. The summed E-state index contributed by atoms with van der Waals surface area (Å²) >= 11 is 0. The number of hydrogen-bond donors (Lipinski definition) is 12. The van der Waals surface area contributed by atoms with Gasteiger partial charge in [-0.2, -0.15) is 8.78 Å². The minimum absolute atomic E-state index is 0.0142. The molecule has 1 aromatic heterocycles. The summed E-state index contributed by atoms with van der Waals surface area (Å²) in [5.41, 5.74) is 3.01. The Balaban J connectivity index is 1.52.